The lowest BCUT2D eigenvalue weighted by Gasteiger charge is -2.36. The maximum absolute atomic E-state index is 13.0. The molecular weight excluding hydrogens is 330 g/mol. The van der Waals surface area contributed by atoms with Gasteiger partial charge in [-0.25, -0.2) is 0 Å². The van der Waals surface area contributed by atoms with Gasteiger partial charge >= 0.3 is 0 Å². The van der Waals surface area contributed by atoms with Gasteiger partial charge in [0.2, 0.25) is 11.8 Å². The molecule has 142 valence electrons. The monoisotopic (exact) mass is 359 g/mol. The summed E-state index contributed by atoms with van der Waals surface area (Å²) in [4.78, 5) is 31.7. The number of aryl methyl sites for hydroxylation is 1. The van der Waals surface area contributed by atoms with Crippen LogP contribution < -0.4 is 9.64 Å². The van der Waals surface area contributed by atoms with Crippen LogP contribution >= 0.6 is 0 Å². The van der Waals surface area contributed by atoms with Crippen LogP contribution in [-0.4, -0.2) is 68.5 Å². The predicted molar refractivity (Wildman–Crippen MR) is 101 cm³/mol. The summed E-state index contributed by atoms with van der Waals surface area (Å²) < 4.78 is 5.42. The van der Waals surface area contributed by atoms with Crippen LogP contribution in [0.3, 0.4) is 0 Å². The summed E-state index contributed by atoms with van der Waals surface area (Å²) in [5, 5.41) is 0. The van der Waals surface area contributed by atoms with Crippen molar-refractivity contribution in [3.8, 4) is 5.75 Å². The fraction of sp³-hybridized carbons (Fsp3) is 0.600. The van der Waals surface area contributed by atoms with Crippen molar-refractivity contribution < 1.29 is 14.3 Å². The van der Waals surface area contributed by atoms with E-state index in [1.54, 1.807) is 12.0 Å². The van der Waals surface area contributed by atoms with Gasteiger partial charge < -0.3 is 19.4 Å². The molecule has 0 spiro atoms. The molecule has 0 bridgehead atoms. The molecule has 0 aliphatic carbocycles. The number of nitrogens with zero attached hydrogens (tertiary/aromatic N) is 3. The Hall–Kier alpha value is -2.08. The summed E-state index contributed by atoms with van der Waals surface area (Å²) in [6, 6.07) is 6.01. The van der Waals surface area contributed by atoms with Crippen LogP contribution in [0.1, 0.15) is 24.8 Å². The first-order chi connectivity index (χ1) is 12.4. The van der Waals surface area contributed by atoms with E-state index in [4.69, 9.17) is 4.74 Å². The van der Waals surface area contributed by atoms with Gasteiger partial charge in [-0.3, -0.25) is 9.59 Å². The number of ether oxygens (including phenoxy) is 1. The number of hydrogen-bond donors (Lipinski definition) is 0. The van der Waals surface area contributed by atoms with Crippen molar-refractivity contribution in [1.82, 2.24) is 9.80 Å². The van der Waals surface area contributed by atoms with Gasteiger partial charge in [0.15, 0.2) is 0 Å². The molecule has 0 aromatic heterocycles. The van der Waals surface area contributed by atoms with E-state index >= 15 is 0 Å². The Bertz CT molecular complexity index is 683. The number of rotatable bonds is 4. The SMILES string of the molecule is COc1ccc(C)cc1N1CCC(C(=O)N(C)C2CCN(C)CC2)C1=O. The van der Waals surface area contributed by atoms with E-state index in [9.17, 15) is 9.59 Å². The second-order valence-corrected chi connectivity index (χ2v) is 7.49. The van der Waals surface area contributed by atoms with Gasteiger partial charge in [-0.05, 0) is 64.0 Å². The van der Waals surface area contributed by atoms with E-state index in [1.807, 2.05) is 37.1 Å². The summed E-state index contributed by atoms with van der Waals surface area (Å²) in [7, 11) is 5.55. The number of piperidine rings is 1. The van der Waals surface area contributed by atoms with Gasteiger partial charge in [0.05, 0.1) is 12.8 Å². The zero-order chi connectivity index (χ0) is 18.8. The Labute approximate surface area is 155 Å². The van der Waals surface area contributed by atoms with Crippen LogP contribution in [0.4, 0.5) is 5.69 Å². The molecule has 0 N–H and O–H groups in total. The molecule has 6 heteroatoms. The topological polar surface area (TPSA) is 53.1 Å². The lowest BCUT2D eigenvalue weighted by atomic mass is 10.0. The number of hydrogen-bond acceptors (Lipinski definition) is 4. The van der Waals surface area contributed by atoms with E-state index in [0.29, 0.717) is 18.7 Å². The molecule has 2 aliphatic heterocycles. The van der Waals surface area contributed by atoms with Crippen molar-refractivity contribution in [2.24, 2.45) is 5.92 Å². The number of methoxy groups -OCH3 is 1. The molecule has 2 aliphatic rings. The molecule has 1 unspecified atom stereocenters. The highest BCUT2D eigenvalue weighted by Gasteiger charge is 2.41. The minimum Gasteiger partial charge on any atom is -0.495 e. The van der Waals surface area contributed by atoms with Gasteiger partial charge in [-0.2, -0.15) is 0 Å². The van der Waals surface area contributed by atoms with Gasteiger partial charge in [0.25, 0.3) is 0 Å². The van der Waals surface area contributed by atoms with E-state index in [-0.39, 0.29) is 17.9 Å². The van der Waals surface area contributed by atoms with Crippen molar-refractivity contribution in [3.63, 3.8) is 0 Å². The molecule has 2 fully saturated rings. The number of amides is 2. The molecule has 0 radical (unpaired) electrons. The van der Waals surface area contributed by atoms with Crippen molar-refractivity contribution in [3.05, 3.63) is 23.8 Å². The van der Waals surface area contributed by atoms with Crippen LogP contribution in [0.25, 0.3) is 0 Å². The quantitative estimate of drug-likeness (QED) is 0.771. The molecule has 2 heterocycles. The Morgan fingerprint density at radius 2 is 1.88 bits per heavy atom. The minimum absolute atomic E-state index is 0.0429. The lowest BCUT2D eigenvalue weighted by Crippen LogP contribution is -2.47. The fourth-order valence-electron chi connectivity index (χ4n) is 3.97. The summed E-state index contributed by atoms with van der Waals surface area (Å²) in [6.07, 6.45) is 2.50. The maximum atomic E-state index is 13.0. The average molecular weight is 359 g/mol. The third-order valence-corrected chi connectivity index (χ3v) is 5.71. The van der Waals surface area contributed by atoms with E-state index < -0.39 is 5.92 Å². The highest BCUT2D eigenvalue weighted by molar-refractivity contribution is 6.10. The third kappa shape index (κ3) is 3.56. The number of likely N-dealkylation sites (tertiary alicyclic amines) is 1. The third-order valence-electron chi connectivity index (χ3n) is 5.71. The zero-order valence-electron chi connectivity index (χ0n) is 16.2. The number of benzene rings is 1. The van der Waals surface area contributed by atoms with Crippen LogP contribution in [0.15, 0.2) is 18.2 Å². The van der Waals surface area contributed by atoms with Crippen molar-refractivity contribution in [2.75, 3.05) is 45.7 Å². The molecule has 1 atom stereocenters. The van der Waals surface area contributed by atoms with Crippen LogP contribution in [-0.2, 0) is 9.59 Å². The fourth-order valence-corrected chi connectivity index (χ4v) is 3.97. The van der Waals surface area contributed by atoms with Crippen molar-refractivity contribution >= 4 is 17.5 Å². The number of carbonyl (C=O) groups is 2. The first-order valence-electron chi connectivity index (χ1n) is 9.33. The van der Waals surface area contributed by atoms with Crippen LogP contribution in [0.5, 0.6) is 5.75 Å². The summed E-state index contributed by atoms with van der Waals surface area (Å²) in [5.41, 5.74) is 1.82. The minimum atomic E-state index is -0.579. The van der Waals surface area contributed by atoms with Crippen molar-refractivity contribution in [1.29, 1.82) is 0 Å². The molecule has 0 saturated carbocycles. The first kappa shape index (κ1) is 18.7. The molecule has 26 heavy (non-hydrogen) atoms. The smallest absolute Gasteiger partial charge is 0.239 e. The second kappa shape index (κ2) is 7.66. The predicted octanol–water partition coefficient (Wildman–Crippen LogP) is 1.91. The largest absolute Gasteiger partial charge is 0.495 e. The second-order valence-electron chi connectivity index (χ2n) is 7.49. The Morgan fingerprint density at radius 3 is 2.54 bits per heavy atom. The molecule has 3 rings (SSSR count). The summed E-state index contributed by atoms with van der Waals surface area (Å²) in [5.74, 6) is -0.0667. The molecule has 2 saturated heterocycles. The van der Waals surface area contributed by atoms with Gasteiger partial charge in [0, 0.05) is 19.6 Å². The highest BCUT2D eigenvalue weighted by atomic mass is 16.5. The Balaban J connectivity index is 1.72. The van der Waals surface area contributed by atoms with Gasteiger partial charge in [-0.15, -0.1) is 0 Å². The zero-order valence-corrected chi connectivity index (χ0v) is 16.2. The average Bonchev–Trinajstić information content (AvgIpc) is 3.02. The Kier molecular flexibility index (Phi) is 5.51. The Morgan fingerprint density at radius 1 is 1.19 bits per heavy atom. The van der Waals surface area contributed by atoms with E-state index in [1.165, 1.54) is 0 Å². The van der Waals surface area contributed by atoms with E-state index in [0.717, 1.165) is 37.2 Å². The van der Waals surface area contributed by atoms with Gasteiger partial charge in [-0.1, -0.05) is 6.07 Å². The molecule has 1 aromatic rings. The molecular formula is C20H29N3O3. The maximum Gasteiger partial charge on any atom is 0.239 e. The molecule has 6 nitrogen and oxygen atoms in total. The normalized spacial score (nSPS) is 21.9. The van der Waals surface area contributed by atoms with Crippen molar-refractivity contribution in [2.45, 2.75) is 32.2 Å². The molecule has 2 amide bonds. The van der Waals surface area contributed by atoms with Gasteiger partial charge in [0.1, 0.15) is 11.7 Å². The summed E-state index contributed by atoms with van der Waals surface area (Å²) in [6.45, 7) is 4.53. The standard InChI is InChI=1S/C20H29N3O3/c1-14-5-6-18(26-4)17(13-14)23-12-9-16(20(23)25)19(24)22(3)15-7-10-21(2)11-8-15/h5-6,13,15-16H,7-12H2,1-4H3. The van der Waals surface area contributed by atoms with E-state index in [2.05, 4.69) is 11.9 Å². The number of carbonyl (C=O) groups excluding carboxylic acids is 2. The molecule has 1 aromatic carbocycles. The van der Waals surface area contributed by atoms with Crippen LogP contribution in [0, 0.1) is 12.8 Å². The summed E-state index contributed by atoms with van der Waals surface area (Å²) >= 11 is 0. The van der Waals surface area contributed by atoms with Crippen LogP contribution in [0.2, 0.25) is 0 Å². The lowest BCUT2D eigenvalue weighted by molar-refractivity contribution is -0.141. The highest BCUT2D eigenvalue weighted by Crippen LogP contribution is 2.34. The first-order valence-corrected chi connectivity index (χ1v) is 9.33. The number of anilines is 1.